The quantitative estimate of drug-likeness (QED) is 0.738. The molecule has 0 atom stereocenters. The van der Waals surface area contributed by atoms with Crippen LogP contribution >= 0.6 is 0 Å². The summed E-state index contributed by atoms with van der Waals surface area (Å²) < 4.78 is 10.8. The van der Waals surface area contributed by atoms with E-state index in [1.807, 2.05) is 19.9 Å². The molecule has 8 heteroatoms. The van der Waals surface area contributed by atoms with Crippen LogP contribution in [-0.2, 0) is 6.54 Å². The van der Waals surface area contributed by atoms with Gasteiger partial charge in [0, 0.05) is 52.0 Å². The Kier molecular flexibility index (Phi) is 5.80. The molecule has 0 spiro atoms. The van der Waals surface area contributed by atoms with Gasteiger partial charge >= 0.3 is 0 Å². The van der Waals surface area contributed by atoms with Crippen molar-refractivity contribution < 1.29 is 14.3 Å². The summed E-state index contributed by atoms with van der Waals surface area (Å²) in [6.07, 6.45) is 1.68. The SMILES string of the molecule is CCN(CC)C(=O)c1ccnc(N2CCN(Cc3ccc4c(c3)OCO4)CC2)n1. The zero-order valence-corrected chi connectivity index (χ0v) is 17.0. The highest BCUT2D eigenvalue weighted by Gasteiger charge is 2.22. The number of anilines is 1. The third-order valence-corrected chi connectivity index (χ3v) is 5.41. The number of carbonyl (C=O) groups excluding carboxylic acids is 1. The number of hydrogen-bond acceptors (Lipinski definition) is 7. The van der Waals surface area contributed by atoms with Crippen molar-refractivity contribution in [1.82, 2.24) is 19.8 Å². The van der Waals surface area contributed by atoms with Gasteiger partial charge < -0.3 is 19.3 Å². The van der Waals surface area contributed by atoms with E-state index in [0.717, 1.165) is 44.2 Å². The second-order valence-electron chi connectivity index (χ2n) is 7.17. The molecule has 2 aliphatic heterocycles. The van der Waals surface area contributed by atoms with Crippen LogP contribution in [0, 0.1) is 0 Å². The van der Waals surface area contributed by atoms with Gasteiger partial charge in [-0.2, -0.15) is 0 Å². The summed E-state index contributed by atoms with van der Waals surface area (Å²) in [6.45, 7) is 9.93. The predicted molar refractivity (Wildman–Crippen MR) is 109 cm³/mol. The molecule has 154 valence electrons. The van der Waals surface area contributed by atoms with Crippen LogP contribution in [0.15, 0.2) is 30.5 Å². The molecule has 1 saturated heterocycles. The topological polar surface area (TPSA) is 71.0 Å². The summed E-state index contributed by atoms with van der Waals surface area (Å²) in [5, 5.41) is 0. The number of fused-ring (bicyclic) bond motifs is 1. The molecule has 0 aliphatic carbocycles. The van der Waals surface area contributed by atoms with E-state index in [-0.39, 0.29) is 5.91 Å². The number of rotatable bonds is 6. The third kappa shape index (κ3) is 4.27. The molecule has 8 nitrogen and oxygen atoms in total. The molecular weight excluding hydrogens is 370 g/mol. The first kappa shape index (κ1) is 19.4. The van der Waals surface area contributed by atoms with Crippen molar-refractivity contribution in [1.29, 1.82) is 0 Å². The maximum Gasteiger partial charge on any atom is 0.272 e. The standard InChI is InChI=1S/C21H27N5O3/c1-3-25(4-2)20(27)17-7-8-22-21(23-17)26-11-9-24(10-12-26)14-16-5-6-18-19(13-16)29-15-28-18/h5-8,13H,3-4,9-12,14-15H2,1-2H3. The van der Waals surface area contributed by atoms with E-state index in [4.69, 9.17) is 9.47 Å². The molecule has 1 aromatic heterocycles. The van der Waals surface area contributed by atoms with E-state index in [2.05, 4.69) is 31.9 Å². The fraction of sp³-hybridized carbons (Fsp3) is 0.476. The average molecular weight is 397 g/mol. The van der Waals surface area contributed by atoms with Crippen LogP contribution in [-0.4, -0.2) is 71.7 Å². The van der Waals surface area contributed by atoms with Crippen molar-refractivity contribution in [3.63, 3.8) is 0 Å². The Bertz CT molecular complexity index is 863. The summed E-state index contributed by atoms with van der Waals surface area (Å²) in [6, 6.07) is 7.81. The van der Waals surface area contributed by atoms with Gasteiger partial charge in [0.15, 0.2) is 11.5 Å². The van der Waals surface area contributed by atoms with E-state index < -0.39 is 0 Å². The number of amides is 1. The second-order valence-corrected chi connectivity index (χ2v) is 7.17. The molecule has 0 N–H and O–H groups in total. The van der Waals surface area contributed by atoms with E-state index in [1.165, 1.54) is 5.56 Å². The lowest BCUT2D eigenvalue weighted by molar-refractivity contribution is 0.0767. The highest BCUT2D eigenvalue weighted by atomic mass is 16.7. The monoisotopic (exact) mass is 397 g/mol. The zero-order valence-electron chi connectivity index (χ0n) is 17.0. The molecule has 0 radical (unpaired) electrons. The number of ether oxygens (including phenoxy) is 2. The molecule has 3 heterocycles. The van der Waals surface area contributed by atoms with Crippen molar-refractivity contribution in [3.05, 3.63) is 41.7 Å². The third-order valence-electron chi connectivity index (χ3n) is 5.41. The van der Waals surface area contributed by atoms with Crippen molar-refractivity contribution >= 4 is 11.9 Å². The summed E-state index contributed by atoms with van der Waals surface area (Å²) in [5.41, 5.74) is 1.67. The fourth-order valence-corrected chi connectivity index (χ4v) is 3.70. The maximum atomic E-state index is 12.6. The van der Waals surface area contributed by atoms with Crippen molar-refractivity contribution in [2.45, 2.75) is 20.4 Å². The minimum Gasteiger partial charge on any atom is -0.454 e. The predicted octanol–water partition coefficient (Wildman–Crippen LogP) is 2.01. The van der Waals surface area contributed by atoms with E-state index >= 15 is 0 Å². The van der Waals surface area contributed by atoms with Crippen molar-refractivity contribution in [2.75, 3.05) is 51.0 Å². The number of benzene rings is 1. The normalized spacial score (nSPS) is 16.1. The number of piperazine rings is 1. The molecule has 1 fully saturated rings. The van der Waals surface area contributed by atoms with Crippen LogP contribution in [0.3, 0.4) is 0 Å². The first-order valence-corrected chi connectivity index (χ1v) is 10.2. The lowest BCUT2D eigenvalue weighted by Crippen LogP contribution is -2.46. The van der Waals surface area contributed by atoms with E-state index in [9.17, 15) is 4.79 Å². The van der Waals surface area contributed by atoms with Crippen molar-refractivity contribution in [2.24, 2.45) is 0 Å². The van der Waals surface area contributed by atoms with Gasteiger partial charge in [0.25, 0.3) is 5.91 Å². The van der Waals surface area contributed by atoms with Crippen LogP contribution in [0.1, 0.15) is 29.9 Å². The van der Waals surface area contributed by atoms with Gasteiger partial charge in [0.2, 0.25) is 12.7 Å². The maximum absolute atomic E-state index is 12.6. The Morgan fingerprint density at radius 1 is 1.07 bits per heavy atom. The molecule has 1 amide bonds. The van der Waals surface area contributed by atoms with Crippen LogP contribution in [0.5, 0.6) is 11.5 Å². The molecule has 0 saturated carbocycles. The number of carbonyl (C=O) groups is 1. The van der Waals surface area contributed by atoms with Gasteiger partial charge in [-0.25, -0.2) is 9.97 Å². The minimum absolute atomic E-state index is 0.0416. The van der Waals surface area contributed by atoms with Gasteiger partial charge in [0.1, 0.15) is 5.69 Å². The van der Waals surface area contributed by atoms with Gasteiger partial charge in [-0.1, -0.05) is 6.07 Å². The average Bonchev–Trinajstić information content (AvgIpc) is 3.23. The lowest BCUT2D eigenvalue weighted by Gasteiger charge is -2.34. The Morgan fingerprint density at radius 3 is 2.59 bits per heavy atom. The first-order chi connectivity index (χ1) is 14.2. The lowest BCUT2D eigenvalue weighted by atomic mass is 10.1. The van der Waals surface area contributed by atoms with Crippen molar-refractivity contribution in [3.8, 4) is 11.5 Å². The van der Waals surface area contributed by atoms with Gasteiger partial charge in [-0.05, 0) is 37.6 Å². The molecule has 0 bridgehead atoms. The van der Waals surface area contributed by atoms with E-state index in [1.54, 1.807) is 17.2 Å². The molecular formula is C21H27N5O3. The number of hydrogen-bond donors (Lipinski definition) is 0. The largest absolute Gasteiger partial charge is 0.454 e. The summed E-state index contributed by atoms with van der Waals surface area (Å²) in [7, 11) is 0. The van der Waals surface area contributed by atoms with Crippen LogP contribution in [0.4, 0.5) is 5.95 Å². The molecule has 0 unspecified atom stereocenters. The van der Waals surface area contributed by atoms with Gasteiger partial charge in [-0.15, -0.1) is 0 Å². The van der Waals surface area contributed by atoms with Gasteiger partial charge in [-0.3, -0.25) is 9.69 Å². The fourth-order valence-electron chi connectivity index (χ4n) is 3.70. The number of nitrogens with zero attached hydrogens (tertiary/aromatic N) is 5. The molecule has 4 rings (SSSR count). The highest BCUT2D eigenvalue weighted by Crippen LogP contribution is 2.32. The van der Waals surface area contributed by atoms with Crippen LogP contribution in [0.25, 0.3) is 0 Å². The second kappa shape index (κ2) is 8.65. The Hall–Kier alpha value is -2.87. The van der Waals surface area contributed by atoms with Gasteiger partial charge in [0.05, 0.1) is 0 Å². The Morgan fingerprint density at radius 2 is 1.83 bits per heavy atom. The molecule has 29 heavy (non-hydrogen) atoms. The first-order valence-electron chi connectivity index (χ1n) is 10.2. The van der Waals surface area contributed by atoms with Crippen LogP contribution in [0.2, 0.25) is 0 Å². The summed E-state index contributed by atoms with van der Waals surface area (Å²) >= 11 is 0. The smallest absolute Gasteiger partial charge is 0.272 e. The Balaban J connectivity index is 1.36. The van der Waals surface area contributed by atoms with Crippen LogP contribution < -0.4 is 14.4 Å². The molecule has 1 aromatic carbocycles. The van der Waals surface area contributed by atoms with E-state index in [0.29, 0.717) is 31.5 Å². The molecule has 2 aliphatic rings. The Labute approximate surface area is 171 Å². The zero-order chi connectivity index (χ0) is 20.2. The number of aromatic nitrogens is 2. The highest BCUT2D eigenvalue weighted by molar-refractivity contribution is 5.92. The summed E-state index contributed by atoms with van der Waals surface area (Å²) in [5.74, 6) is 2.23. The minimum atomic E-state index is -0.0416. The summed E-state index contributed by atoms with van der Waals surface area (Å²) in [4.78, 5) is 27.8. The molecule has 2 aromatic rings.